The van der Waals surface area contributed by atoms with Crippen LogP contribution in [0.3, 0.4) is 0 Å². The molecule has 0 saturated carbocycles. The summed E-state index contributed by atoms with van der Waals surface area (Å²) in [4.78, 5) is 17.3. The Hall–Kier alpha value is -1.73. The lowest BCUT2D eigenvalue weighted by Gasteiger charge is -2.27. The van der Waals surface area contributed by atoms with Crippen molar-refractivity contribution < 1.29 is 4.92 Å². The molecule has 2 N–H and O–H groups in total. The number of nitro groups is 1. The number of aryl methyl sites for hydroxylation is 2. The Labute approximate surface area is 118 Å². The number of hydrogen-bond donors (Lipinski definition) is 2. The number of aromatic nitrogens is 1. The Kier molecular flexibility index (Phi) is 4.86. The highest BCUT2D eigenvalue weighted by Gasteiger charge is 2.19. The molecular weight excluding hydrogens is 258 g/mol. The molecular formula is C13H21N5O2. The zero-order chi connectivity index (χ0) is 14.5. The van der Waals surface area contributed by atoms with Gasteiger partial charge in [-0.2, -0.15) is 0 Å². The van der Waals surface area contributed by atoms with Crippen LogP contribution in [0.4, 0.5) is 11.4 Å². The van der Waals surface area contributed by atoms with E-state index in [2.05, 4.69) is 20.5 Å². The van der Waals surface area contributed by atoms with Crippen LogP contribution < -0.4 is 10.6 Å². The van der Waals surface area contributed by atoms with Gasteiger partial charge in [0.25, 0.3) is 0 Å². The van der Waals surface area contributed by atoms with Crippen molar-refractivity contribution >= 4 is 11.4 Å². The van der Waals surface area contributed by atoms with Crippen molar-refractivity contribution in [3.63, 3.8) is 0 Å². The van der Waals surface area contributed by atoms with Crippen LogP contribution in [0.5, 0.6) is 0 Å². The number of pyridine rings is 1. The average molecular weight is 279 g/mol. The summed E-state index contributed by atoms with van der Waals surface area (Å²) >= 11 is 0. The molecule has 110 valence electrons. The quantitative estimate of drug-likeness (QED) is 0.616. The highest BCUT2D eigenvalue weighted by atomic mass is 16.6. The molecule has 0 aromatic carbocycles. The molecule has 1 aromatic heterocycles. The Morgan fingerprint density at radius 3 is 2.80 bits per heavy atom. The van der Waals surface area contributed by atoms with Crippen molar-refractivity contribution in [1.29, 1.82) is 0 Å². The van der Waals surface area contributed by atoms with Crippen LogP contribution >= 0.6 is 0 Å². The van der Waals surface area contributed by atoms with Crippen molar-refractivity contribution in [2.75, 3.05) is 44.6 Å². The Morgan fingerprint density at radius 2 is 2.15 bits per heavy atom. The lowest BCUT2D eigenvalue weighted by Crippen LogP contribution is -2.45. The van der Waals surface area contributed by atoms with Crippen LogP contribution in [0.2, 0.25) is 0 Å². The Balaban J connectivity index is 1.99. The third kappa shape index (κ3) is 3.64. The van der Waals surface area contributed by atoms with Gasteiger partial charge in [-0.1, -0.05) is 0 Å². The van der Waals surface area contributed by atoms with E-state index < -0.39 is 0 Å². The molecule has 0 radical (unpaired) electrons. The maximum absolute atomic E-state index is 11.1. The lowest BCUT2D eigenvalue weighted by atomic mass is 10.2. The number of nitrogens with one attached hydrogen (secondary N) is 2. The van der Waals surface area contributed by atoms with Crippen LogP contribution in [-0.2, 0) is 0 Å². The van der Waals surface area contributed by atoms with Gasteiger partial charge in [0, 0.05) is 45.0 Å². The third-order valence-electron chi connectivity index (χ3n) is 3.43. The third-order valence-corrected chi connectivity index (χ3v) is 3.43. The maximum Gasteiger partial charge on any atom is 0.313 e. The second kappa shape index (κ2) is 6.62. The summed E-state index contributed by atoms with van der Waals surface area (Å²) in [5, 5.41) is 17.6. The van der Waals surface area contributed by atoms with E-state index >= 15 is 0 Å². The topological polar surface area (TPSA) is 83.3 Å². The molecule has 1 saturated heterocycles. The van der Waals surface area contributed by atoms with Crippen molar-refractivity contribution in [3.05, 3.63) is 27.6 Å². The molecule has 20 heavy (non-hydrogen) atoms. The van der Waals surface area contributed by atoms with Gasteiger partial charge >= 0.3 is 5.69 Å². The Morgan fingerprint density at radius 1 is 1.45 bits per heavy atom. The van der Waals surface area contributed by atoms with Gasteiger partial charge in [-0.3, -0.25) is 20.0 Å². The van der Waals surface area contributed by atoms with Gasteiger partial charge in [-0.15, -0.1) is 0 Å². The van der Waals surface area contributed by atoms with E-state index in [1.165, 1.54) is 0 Å². The molecule has 0 bridgehead atoms. The zero-order valence-corrected chi connectivity index (χ0v) is 12.0. The van der Waals surface area contributed by atoms with Crippen molar-refractivity contribution in [2.24, 2.45) is 0 Å². The number of anilines is 1. The van der Waals surface area contributed by atoms with Gasteiger partial charge in [0.1, 0.15) is 11.4 Å². The minimum atomic E-state index is -0.366. The van der Waals surface area contributed by atoms with Gasteiger partial charge in [0.15, 0.2) is 0 Å². The monoisotopic (exact) mass is 279 g/mol. The second-order valence-corrected chi connectivity index (χ2v) is 5.02. The summed E-state index contributed by atoms with van der Waals surface area (Å²) in [6.45, 7) is 9.17. The summed E-state index contributed by atoms with van der Waals surface area (Å²) < 4.78 is 0. The standard InChI is InChI=1S/C13H21N5O2/c1-10-9-12(13(18(19)20)11(2)16-10)15-5-8-17-6-3-14-4-7-17/h9,14H,3-8H2,1-2H3,(H,15,16). The molecule has 0 unspecified atom stereocenters. The van der Waals surface area contributed by atoms with E-state index in [0.717, 1.165) is 38.4 Å². The highest BCUT2D eigenvalue weighted by Crippen LogP contribution is 2.27. The maximum atomic E-state index is 11.1. The van der Waals surface area contributed by atoms with E-state index in [9.17, 15) is 10.1 Å². The fourth-order valence-electron chi connectivity index (χ4n) is 2.47. The lowest BCUT2D eigenvalue weighted by molar-refractivity contribution is -0.384. The fourth-order valence-corrected chi connectivity index (χ4v) is 2.47. The number of hydrogen-bond acceptors (Lipinski definition) is 6. The first-order valence-corrected chi connectivity index (χ1v) is 6.87. The fraction of sp³-hybridized carbons (Fsp3) is 0.615. The minimum absolute atomic E-state index is 0.0795. The molecule has 7 nitrogen and oxygen atoms in total. The largest absolute Gasteiger partial charge is 0.378 e. The number of nitrogens with zero attached hydrogens (tertiary/aromatic N) is 3. The van der Waals surface area contributed by atoms with Crippen molar-refractivity contribution in [3.8, 4) is 0 Å². The van der Waals surface area contributed by atoms with E-state index in [1.54, 1.807) is 13.0 Å². The van der Waals surface area contributed by atoms with E-state index in [1.807, 2.05) is 6.92 Å². The van der Waals surface area contributed by atoms with Crippen molar-refractivity contribution in [2.45, 2.75) is 13.8 Å². The highest BCUT2D eigenvalue weighted by molar-refractivity contribution is 5.64. The summed E-state index contributed by atoms with van der Waals surface area (Å²) in [5.74, 6) is 0. The van der Waals surface area contributed by atoms with E-state index in [0.29, 0.717) is 17.9 Å². The zero-order valence-electron chi connectivity index (χ0n) is 12.0. The van der Waals surface area contributed by atoms with E-state index in [4.69, 9.17) is 0 Å². The summed E-state index contributed by atoms with van der Waals surface area (Å²) in [7, 11) is 0. The molecule has 2 heterocycles. The summed E-state index contributed by atoms with van der Waals surface area (Å²) in [6.07, 6.45) is 0. The molecule has 0 atom stereocenters. The van der Waals surface area contributed by atoms with Crippen LogP contribution in [0, 0.1) is 24.0 Å². The minimum Gasteiger partial charge on any atom is -0.378 e. The van der Waals surface area contributed by atoms with Crippen LogP contribution in [0.1, 0.15) is 11.4 Å². The van der Waals surface area contributed by atoms with Crippen LogP contribution in [0.15, 0.2) is 6.07 Å². The molecule has 2 rings (SSSR count). The number of piperazine rings is 1. The normalized spacial score (nSPS) is 16.1. The van der Waals surface area contributed by atoms with Crippen LogP contribution in [0.25, 0.3) is 0 Å². The van der Waals surface area contributed by atoms with Gasteiger partial charge in [0.05, 0.1) is 4.92 Å². The predicted molar refractivity (Wildman–Crippen MR) is 78.2 cm³/mol. The SMILES string of the molecule is Cc1cc(NCCN2CCNCC2)c([N+](=O)[O-])c(C)n1. The molecule has 0 aliphatic carbocycles. The first kappa shape index (κ1) is 14.7. The summed E-state index contributed by atoms with van der Waals surface area (Å²) in [5.41, 5.74) is 1.89. The molecule has 1 fully saturated rings. The molecule has 1 aliphatic heterocycles. The average Bonchev–Trinajstić information content (AvgIpc) is 2.38. The molecule has 7 heteroatoms. The summed E-state index contributed by atoms with van der Waals surface area (Å²) in [6, 6.07) is 1.74. The van der Waals surface area contributed by atoms with Gasteiger partial charge in [-0.25, -0.2) is 0 Å². The van der Waals surface area contributed by atoms with Gasteiger partial charge in [-0.05, 0) is 19.9 Å². The predicted octanol–water partition coefficient (Wildman–Crippen LogP) is 0.924. The smallest absolute Gasteiger partial charge is 0.313 e. The molecule has 0 amide bonds. The molecule has 0 spiro atoms. The van der Waals surface area contributed by atoms with Gasteiger partial charge < -0.3 is 10.6 Å². The number of rotatable bonds is 5. The van der Waals surface area contributed by atoms with Crippen LogP contribution in [-0.4, -0.2) is 54.1 Å². The first-order chi connectivity index (χ1) is 9.58. The first-order valence-electron chi connectivity index (χ1n) is 6.87. The van der Waals surface area contributed by atoms with Crippen molar-refractivity contribution in [1.82, 2.24) is 15.2 Å². The molecule has 1 aliphatic rings. The molecule has 1 aromatic rings. The Bertz CT molecular complexity index is 486. The van der Waals surface area contributed by atoms with Gasteiger partial charge in [0.2, 0.25) is 0 Å². The van der Waals surface area contributed by atoms with E-state index in [-0.39, 0.29) is 10.6 Å². The second-order valence-electron chi connectivity index (χ2n) is 5.02.